The molecule has 5 nitrogen and oxygen atoms in total. The lowest BCUT2D eigenvalue weighted by Gasteiger charge is -2.57. The van der Waals surface area contributed by atoms with Crippen molar-refractivity contribution >= 4 is 15.9 Å². The van der Waals surface area contributed by atoms with Gasteiger partial charge < -0.3 is 10.0 Å². The van der Waals surface area contributed by atoms with Crippen molar-refractivity contribution in [2.45, 2.75) is 18.1 Å². The number of hydrogen-bond donors (Lipinski definition) is 1. The van der Waals surface area contributed by atoms with Gasteiger partial charge in [-0.05, 0) is 12.8 Å². The van der Waals surface area contributed by atoms with E-state index in [-0.39, 0.29) is 10.7 Å². The van der Waals surface area contributed by atoms with E-state index in [1.54, 1.807) is 0 Å². The molecule has 1 N–H and O–H groups in total. The fourth-order valence-corrected chi connectivity index (χ4v) is 3.68. The van der Waals surface area contributed by atoms with Crippen LogP contribution in [0, 0.1) is 5.41 Å². The fraction of sp³-hybridized carbons (Fsp3) is 0.875. The van der Waals surface area contributed by atoms with Crippen LogP contribution in [0.2, 0.25) is 0 Å². The minimum Gasteiger partial charge on any atom is -0.465 e. The number of rotatable bonds is 1. The molecule has 1 spiro atoms. The number of nitrogens with zero attached hydrogens (tertiary/aromatic N) is 1. The maximum atomic E-state index is 11.1. The molecular formula is C8H13NO4S. The predicted octanol–water partition coefficient (Wildman–Crippen LogP) is 0.173. The summed E-state index contributed by atoms with van der Waals surface area (Å²) in [5, 5.41) is 8.38. The van der Waals surface area contributed by atoms with Crippen LogP contribution in [0.25, 0.3) is 0 Å². The van der Waals surface area contributed by atoms with E-state index in [1.807, 2.05) is 0 Å². The van der Waals surface area contributed by atoms with E-state index >= 15 is 0 Å². The van der Waals surface area contributed by atoms with Gasteiger partial charge in [0.1, 0.15) is 9.84 Å². The first-order valence-corrected chi connectivity index (χ1v) is 6.45. The van der Waals surface area contributed by atoms with Gasteiger partial charge in [0.2, 0.25) is 0 Å². The molecular weight excluding hydrogens is 206 g/mol. The standard InChI is InChI=1S/C8H13NO4S/c1-14(12,13)6-2-8(3-6)4-9(5-8)7(10)11/h6H,2-5H2,1H3,(H,10,11). The molecule has 1 saturated heterocycles. The number of hydrogen-bond acceptors (Lipinski definition) is 3. The van der Waals surface area contributed by atoms with Crippen molar-refractivity contribution in [3.05, 3.63) is 0 Å². The molecule has 1 amide bonds. The lowest BCUT2D eigenvalue weighted by molar-refractivity contribution is -0.0423. The number of sulfone groups is 1. The maximum absolute atomic E-state index is 11.1. The lowest BCUT2D eigenvalue weighted by Crippen LogP contribution is -2.65. The van der Waals surface area contributed by atoms with Crippen LogP contribution in [-0.4, -0.2) is 49.1 Å². The molecule has 0 aromatic heterocycles. The lowest BCUT2D eigenvalue weighted by atomic mass is 9.63. The Labute approximate surface area is 82.6 Å². The second-order valence-electron chi connectivity index (χ2n) is 4.50. The zero-order valence-corrected chi connectivity index (χ0v) is 8.75. The molecule has 80 valence electrons. The van der Waals surface area contributed by atoms with Gasteiger partial charge in [0.15, 0.2) is 0 Å². The molecule has 6 heteroatoms. The van der Waals surface area contributed by atoms with E-state index in [2.05, 4.69) is 0 Å². The van der Waals surface area contributed by atoms with Crippen LogP contribution in [0.3, 0.4) is 0 Å². The molecule has 0 aromatic carbocycles. The highest BCUT2D eigenvalue weighted by molar-refractivity contribution is 7.91. The van der Waals surface area contributed by atoms with E-state index < -0.39 is 15.9 Å². The smallest absolute Gasteiger partial charge is 0.407 e. The molecule has 1 aliphatic carbocycles. The monoisotopic (exact) mass is 219 g/mol. The minimum atomic E-state index is -2.92. The zero-order valence-electron chi connectivity index (χ0n) is 7.93. The second-order valence-corrected chi connectivity index (χ2v) is 6.82. The Morgan fingerprint density at radius 3 is 2.29 bits per heavy atom. The third-order valence-electron chi connectivity index (χ3n) is 3.25. The minimum absolute atomic E-state index is 0.00780. The van der Waals surface area contributed by atoms with Gasteiger partial charge >= 0.3 is 6.09 Å². The van der Waals surface area contributed by atoms with Gasteiger partial charge in [-0.2, -0.15) is 0 Å². The summed E-state index contributed by atoms with van der Waals surface area (Å²) in [5.74, 6) is 0. The average Bonchev–Trinajstić information content (AvgIpc) is 1.74. The van der Waals surface area contributed by atoms with Gasteiger partial charge in [-0.25, -0.2) is 13.2 Å². The van der Waals surface area contributed by atoms with Gasteiger partial charge in [0.25, 0.3) is 0 Å². The predicted molar refractivity (Wildman–Crippen MR) is 49.9 cm³/mol. The van der Waals surface area contributed by atoms with Crippen molar-refractivity contribution in [2.75, 3.05) is 19.3 Å². The van der Waals surface area contributed by atoms with Crippen LogP contribution < -0.4 is 0 Å². The number of carbonyl (C=O) groups is 1. The Morgan fingerprint density at radius 2 is 1.93 bits per heavy atom. The molecule has 0 unspecified atom stereocenters. The van der Waals surface area contributed by atoms with Crippen molar-refractivity contribution in [3.8, 4) is 0 Å². The highest BCUT2D eigenvalue weighted by Crippen LogP contribution is 2.50. The highest BCUT2D eigenvalue weighted by atomic mass is 32.2. The zero-order chi connectivity index (χ0) is 10.6. The Bertz CT molecular complexity index is 361. The van der Waals surface area contributed by atoms with Gasteiger partial charge in [0.05, 0.1) is 5.25 Å². The molecule has 2 fully saturated rings. The first kappa shape index (κ1) is 9.76. The number of carboxylic acid groups (broad SMARTS) is 1. The van der Waals surface area contributed by atoms with Crippen molar-refractivity contribution < 1.29 is 18.3 Å². The molecule has 1 saturated carbocycles. The van der Waals surface area contributed by atoms with E-state index in [1.165, 1.54) is 11.2 Å². The van der Waals surface area contributed by atoms with Crippen LogP contribution in [0.5, 0.6) is 0 Å². The Morgan fingerprint density at radius 1 is 1.43 bits per heavy atom. The summed E-state index contributed by atoms with van der Waals surface area (Å²) in [6, 6.07) is 0. The van der Waals surface area contributed by atoms with Crippen LogP contribution in [0.15, 0.2) is 0 Å². The highest BCUT2D eigenvalue weighted by Gasteiger charge is 2.56. The van der Waals surface area contributed by atoms with Crippen LogP contribution >= 0.6 is 0 Å². The summed E-state index contributed by atoms with van der Waals surface area (Å²) in [4.78, 5) is 11.8. The maximum Gasteiger partial charge on any atom is 0.407 e. The van der Waals surface area contributed by atoms with Crippen LogP contribution in [0.4, 0.5) is 4.79 Å². The van der Waals surface area contributed by atoms with Crippen LogP contribution in [-0.2, 0) is 9.84 Å². The molecule has 1 heterocycles. The van der Waals surface area contributed by atoms with Gasteiger partial charge in [0, 0.05) is 24.8 Å². The third kappa shape index (κ3) is 1.37. The quantitative estimate of drug-likeness (QED) is 0.682. The third-order valence-corrected chi connectivity index (χ3v) is 4.79. The summed E-state index contributed by atoms with van der Waals surface area (Å²) in [7, 11) is -2.92. The molecule has 0 aromatic rings. The van der Waals surface area contributed by atoms with E-state index in [0.29, 0.717) is 25.9 Å². The fourth-order valence-electron chi connectivity index (χ4n) is 2.37. The summed E-state index contributed by atoms with van der Waals surface area (Å²) >= 11 is 0. The van der Waals surface area contributed by atoms with Gasteiger partial charge in [-0.1, -0.05) is 0 Å². The summed E-state index contributed by atoms with van der Waals surface area (Å²) < 4.78 is 22.3. The number of amides is 1. The molecule has 0 bridgehead atoms. The van der Waals surface area contributed by atoms with Gasteiger partial charge in [-0.15, -0.1) is 0 Å². The Kier molecular flexibility index (Phi) is 1.83. The topological polar surface area (TPSA) is 74.7 Å². The normalized spacial score (nSPS) is 25.6. The molecule has 14 heavy (non-hydrogen) atoms. The van der Waals surface area contributed by atoms with E-state index in [4.69, 9.17) is 5.11 Å². The average molecular weight is 219 g/mol. The molecule has 2 aliphatic rings. The molecule has 0 atom stereocenters. The Hall–Kier alpha value is -0.780. The van der Waals surface area contributed by atoms with E-state index in [9.17, 15) is 13.2 Å². The molecule has 0 radical (unpaired) electrons. The largest absolute Gasteiger partial charge is 0.465 e. The first-order valence-electron chi connectivity index (χ1n) is 4.49. The van der Waals surface area contributed by atoms with Crippen molar-refractivity contribution in [3.63, 3.8) is 0 Å². The number of likely N-dealkylation sites (tertiary alicyclic amines) is 1. The van der Waals surface area contributed by atoms with Gasteiger partial charge in [-0.3, -0.25) is 0 Å². The summed E-state index contributed by atoms with van der Waals surface area (Å²) in [6.07, 6.45) is 1.61. The molecule has 2 rings (SSSR count). The molecule has 1 aliphatic heterocycles. The SMILES string of the molecule is CS(=O)(=O)C1CC2(C1)CN(C(=O)O)C2. The van der Waals surface area contributed by atoms with Crippen molar-refractivity contribution in [1.29, 1.82) is 0 Å². The van der Waals surface area contributed by atoms with Crippen molar-refractivity contribution in [1.82, 2.24) is 4.90 Å². The first-order chi connectivity index (χ1) is 6.32. The summed E-state index contributed by atoms with van der Waals surface area (Å²) in [6.45, 7) is 1.02. The van der Waals surface area contributed by atoms with Crippen LogP contribution in [0.1, 0.15) is 12.8 Å². The summed E-state index contributed by atoms with van der Waals surface area (Å²) in [5.41, 5.74) is -0.00780. The van der Waals surface area contributed by atoms with Crippen molar-refractivity contribution in [2.24, 2.45) is 5.41 Å². The van der Waals surface area contributed by atoms with E-state index in [0.717, 1.165) is 0 Å². The Balaban J connectivity index is 1.88. The second kappa shape index (κ2) is 2.62.